The molecule has 0 spiro atoms. The monoisotopic (exact) mass is 223 g/mol. The van der Waals surface area contributed by atoms with E-state index >= 15 is 0 Å². The lowest BCUT2D eigenvalue weighted by molar-refractivity contribution is -0.117. The van der Waals surface area contributed by atoms with Crippen LogP contribution in [0.1, 0.15) is 47.0 Å². The topological polar surface area (TPSA) is 49.7 Å². The van der Waals surface area contributed by atoms with E-state index in [-0.39, 0.29) is 23.0 Å². The zero-order valence-electron chi connectivity index (χ0n) is 10.6. The highest BCUT2D eigenvalue weighted by atomic mass is 16.3. The highest BCUT2D eigenvalue weighted by molar-refractivity contribution is 6.14. The largest absolute Gasteiger partial charge is 0.511 e. The number of nitrogens with zero attached hydrogens (tertiary/aromatic N) is 1. The molecular formula is C13H21NO2. The second-order valence-electron chi connectivity index (χ2n) is 5.34. The summed E-state index contributed by atoms with van der Waals surface area (Å²) in [6.45, 7) is 8.01. The van der Waals surface area contributed by atoms with Crippen molar-refractivity contribution in [3.63, 3.8) is 0 Å². The molecule has 3 heteroatoms. The molecular weight excluding hydrogens is 202 g/mol. The Labute approximate surface area is 97.3 Å². The fourth-order valence-electron chi connectivity index (χ4n) is 1.76. The van der Waals surface area contributed by atoms with Crippen LogP contribution in [-0.4, -0.2) is 23.1 Å². The van der Waals surface area contributed by atoms with Gasteiger partial charge in [0.05, 0.1) is 5.57 Å². The van der Waals surface area contributed by atoms with Crippen LogP contribution in [0.25, 0.3) is 0 Å². The summed E-state index contributed by atoms with van der Waals surface area (Å²) < 4.78 is 0. The lowest BCUT2D eigenvalue weighted by atomic mass is 9.77. The Morgan fingerprint density at radius 3 is 2.62 bits per heavy atom. The van der Waals surface area contributed by atoms with Crippen LogP contribution in [0.2, 0.25) is 0 Å². The predicted molar refractivity (Wildman–Crippen MR) is 65.9 cm³/mol. The lowest BCUT2D eigenvalue weighted by Crippen LogP contribution is -2.26. The zero-order chi connectivity index (χ0) is 12.3. The third kappa shape index (κ3) is 3.19. The van der Waals surface area contributed by atoms with E-state index in [1.165, 1.54) is 0 Å². The van der Waals surface area contributed by atoms with Crippen LogP contribution < -0.4 is 0 Å². The third-order valence-electron chi connectivity index (χ3n) is 2.95. The van der Waals surface area contributed by atoms with Crippen LogP contribution in [0, 0.1) is 5.41 Å². The van der Waals surface area contributed by atoms with Crippen molar-refractivity contribution in [3.8, 4) is 0 Å². The molecule has 0 fully saturated rings. The molecule has 0 aromatic rings. The number of carbonyl (C=O) groups excluding carboxylic acids is 1. The number of hydrogen-bond acceptors (Lipinski definition) is 3. The maximum atomic E-state index is 11.8. The predicted octanol–water partition coefficient (Wildman–Crippen LogP) is 3.06. The summed E-state index contributed by atoms with van der Waals surface area (Å²) in [5.74, 6) is 0.189. The molecule has 90 valence electrons. The van der Waals surface area contributed by atoms with Crippen molar-refractivity contribution in [2.45, 2.75) is 53.0 Å². The second kappa shape index (κ2) is 4.81. The van der Waals surface area contributed by atoms with E-state index in [0.717, 1.165) is 6.42 Å². The Hall–Kier alpha value is -1.12. The summed E-state index contributed by atoms with van der Waals surface area (Å²) in [5, 5.41) is 9.83. The molecule has 1 atom stereocenters. The molecule has 1 aliphatic carbocycles. The lowest BCUT2D eigenvalue weighted by Gasteiger charge is -2.28. The van der Waals surface area contributed by atoms with Gasteiger partial charge in [0.15, 0.2) is 5.78 Å². The van der Waals surface area contributed by atoms with Gasteiger partial charge < -0.3 is 5.11 Å². The highest BCUT2D eigenvalue weighted by Crippen LogP contribution is 2.35. The summed E-state index contributed by atoms with van der Waals surface area (Å²) in [6.07, 6.45) is 3.52. The average Bonchev–Trinajstić information content (AvgIpc) is 2.14. The van der Waals surface area contributed by atoms with E-state index in [2.05, 4.69) is 4.99 Å². The Morgan fingerprint density at radius 2 is 2.12 bits per heavy atom. The molecule has 0 aromatic heterocycles. The van der Waals surface area contributed by atoms with Gasteiger partial charge in [0.2, 0.25) is 0 Å². The van der Waals surface area contributed by atoms with Crippen LogP contribution in [0.5, 0.6) is 0 Å². The van der Waals surface area contributed by atoms with Gasteiger partial charge in [-0.3, -0.25) is 9.79 Å². The van der Waals surface area contributed by atoms with E-state index in [1.807, 2.05) is 27.7 Å². The normalized spacial score (nSPS) is 22.9. The van der Waals surface area contributed by atoms with Gasteiger partial charge in [-0.25, -0.2) is 0 Å². The number of ketones is 1. The molecule has 0 aliphatic heterocycles. The number of Topliss-reactive ketones (excluding diaryl/α,β-unsaturated/α-hetero) is 1. The fraction of sp³-hybridized carbons (Fsp3) is 0.692. The van der Waals surface area contributed by atoms with Crippen LogP contribution in [0.15, 0.2) is 16.3 Å². The number of rotatable bonds is 3. The number of hydrogen-bond donors (Lipinski definition) is 1. The van der Waals surface area contributed by atoms with E-state index in [1.54, 1.807) is 6.21 Å². The molecule has 1 unspecified atom stereocenters. The smallest absolute Gasteiger partial charge is 0.168 e. The van der Waals surface area contributed by atoms with Crippen molar-refractivity contribution in [3.05, 3.63) is 11.3 Å². The first-order valence-corrected chi connectivity index (χ1v) is 5.84. The van der Waals surface area contributed by atoms with Crippen molar-refractivity contribution in [1.82, 2.24) is 0 Å². The maximum Gasteiger partial charge on any atom is 0.168 e. The first kappa shape index (κ1) is 12.9. The number of aliphatic imine (C=N–C) groups is 1. The Morgan fingerprint density at radius 1 is 1.50 bits per heavy atom. The van der Waals surface area contributed by atoms with Gasteiger partial charge in [0.1, 0.15) is 5.76 Å². The number of aliphatic hydroxyl groups is 1. The molecule has 0 heterocycles. The number of aliphatic hydroxyl groups excluding tert-OH is 1. The fourth-order valence-corrected chi connectivity index (χ4v) is 1.76. The molecule has 0 amide bonds. The zero-order valence-corrected chi connectivity index (χ0v) is 10.6. The summed E-state index contributed by atoms with van der Waals surface area (Å²) in [5.41, 5.74) is 0.272. The van der Waals surface area contributed by atoms with Crippen molar-refractivity contribution in [1.29, 1.82) is 0 Å². The maximum absolute atomic E-state index is 11.8. The molecule has 1 N–H and O–H groups in total. The number of allylic oxidation sites excluding steroid dienone is 2. The van der Waals surface area contributed by atoms with Gasteiger partial charge >= 0.3 is 0 Å². The van der Waals surface area contributed by atoms with Gasteiger partial charge in [-0.15, -0.1) is 0 Å². The van der Waals surface area contributed by atoms with Crippen molar-refractivity contribution < 1.29 is 9.90 Å². The molecule has 0 saturated carbocycles. The van der Waals surface area contributed by atoms with Gasteiger partial charge in [-0.2, -0.15) is 0 Å². The third-order valence-corrected chi connectivity index (χ3v) is 2.95. The SMILES string of the molecule is CCC(C)N=CC1=C(O)CC(C)(C)CC1=O. The van der Waals surface area contributed by atoms with Crippen LogP contribution >= 0.6 is 0 Å². The average molecular weight is 223 g/mol. The van der Waals surface area contributed by atoms with Crippen molar-refractivity contribution in [2.75, 3.05) is 0 Å². The highest BCUT2D eigenvalue weighted by Gasteiger charge is 2.32. The minimum Gasteiger partial charge on any atom is -0.511 e. The Balaban J connectivity index is 2.87. The summed E-state index contributed by atoms with van der Waals surface area (Å²) in [4.78, 5) is 16.1. The minimum absolute atomic E-state index is 0.000744. The van der Waals surface area contributed by atoms with Crippen LogP contribution in [-0.2, 0) is 4.79 Å². The molecule has 1 rings (SSSR count). The second-order valence-corrected chi connectivity index (χ2v) is 5.34. The van der Waals surface area contributed by atoms with Gasteiger partial charge in [0, 0.05) is 25.1 Å². The van der Waals surface area contributed by atoms with E-state index in [4.69, 9.17) is 0 Å². The standard InChI is InChI=1S/C13H21NO2/c1-5-9(2)14-8-10-11(15)6-13(3,4)7-12(10)16/h8-9,15H,5-7H2,1-4H3. The van der Waals surface area contributed by atoms with Gasteiger partial charge in [-0.05, 0) is 18.8 Å². The Kier molecular flexibility index (Phi) is 3.89. The van der Waals surface area contributed by atoms with Crippen molar-refractivity contribution >= 4 is 12.0 Å². The molecule has 0 radical (unpaired) electrons. The molecule has 0 saturated heterocycles. The molecule has 16 heavy (non-hydrogen) atoms. The molecule has 0 bridgehead atoms. The first-order chi connectivity index (χ1) is 7.35. The van der Waals surface area contributed by atoms with Crippen LogP contribution in [0.4, 0.5) is 0 Å². The molecule has 0 aromatic carbocycles. The van der Waals surface area contributed by atoms with Gasteiger partial charge in [0.25, 0.3) is 0 Å². The summed E-state index contributed by atoms with van der Waals surface area (Å²) in [7, 11) is 0. The molecule has 3 nitrogen and oxygen atoms in total. The van der Waals surface area contributed by atoms with E-state index < -0.39 is 0 Å². The minimum atomic E-state index is -0.130. The molecule has 1 aliphatic rings. The Bertz CT molecular complexity index is 340. The summed E-state index contributed by atoms with van der Waals surface area (Å²) >= 11 is 0. The van der Waals surface area contributed by atoms with E-state index in [0.29, 0.717) is 18.4 Å². The van der Waals surface area contributed by atoms with E-state index in [9.17, 15) is 9.90 Å². The first-order valence-electron chi connectivity index (χ1n) is 5.84. The van der Waals surface area contributed by atoms with Crippen LogP contribution in [0.3, 0.4) is 0 Å². The van der Waals surface area contributed by atoms with Crippen molar-refractivity contribution in [2.24, 2.45) is 10.4 Å². The van der Waals surface area contributed by atoms with Gasteiger partial charge in [-0.1, -0.05) is 20.8 Å². The summed E-state index contributed by atoms with van der Waals surface area (Å²) in [6, 6.07) is 0.197. The number of carbonyl (C=O) groups is 1. The quantitative estimate of drug-likeness (QED) is 0.747.